The maximum absolute atomic E-state index is 4.36. The number of rotatable bonds is 2. The summed E-state index contributed by atoms with van der Waals surface area (Å²) in [4.78, 5) is 12.0. The fraction of sp³-hybridized carbons (Fsp3) is 0.333. The minimum Gasteiger partial charge on any atom is -0.340 e. The zero-order valence-corrected chi connectivity index (χ0v) is 8.70. The fourth-order valence-electron chi connectivity index (χ4n) is 1.68. The maximum Gasteiger partial charge on any atom is 0.156 e. The Bertz CT molecular complexity index is 466. The molecule has 0 unspecified atom stereocenters. The molecule has 2 aromatic heterocycles. The van der Waals surface area contributed by atoms with Crippen molar-refractivity contribution in [3.05, 3.63) is 35.8 Å². The number of nitrogens with zero attached hydrogens (tertiary/aromatic N) is 2. The largest absolute Gasteiger partial charge is 0.340 e. The van der Waals surface area contributed by atoms with Crippen LogP contribution in [0.25, 0.3) is 11.5 Å². The monoisotopic (exact) mass is 199 g/mol. The van der Waals surface area contributed by atoms with Gasteiger partial charge in [-0.3, -0.25) is 4.98 Å². The van der Waals surface area contributed by atoms with E-state index in [2.05, 4.69) is 21.0 Å². The standard InChI is InChI=1S/C12H13N3/c1-8-2-5-10(13-6-8)12-14-7-11(15-12)9-3-4-9/h2,5-7,9H,3-4H2,1H3,(H,14,15). The number of H-pyrrole nitrogens is 1. The highest BCUT2D eigenvalue weighted by molar-refractivity contribution is 5.49. The van der Waals surface area contributed by atoms with Gasteiger partial charge in [0.2, 0.25) is 0 Å². The second kappa shape index (κ2) is 3.19. The van der Waals surface area contributed by atoms with Crippen LogP contribution in [0, 0.1) is 6.92 Å². The van der Waals surface area contributed by atoms with E-state index in [9.17, 15) is 0 Å². The quantitative estimate of drug-likeness (QED) is 0.807. The van der Waals surface area contributed by atoms with Crippen molar-refractivity contribution in [2.45, 2.75) is 25.7 Å². The third-order valence-corrected chi connectivity index (χ3v) is 2.77. The van der Waals surface area contributed by atoms with Gasteiger partial charge >= 0.3 is 0 Å². The first kappa shape index (κ1) is 8.65. The predicted octanol–water partition coefficient (Wildman–Crippen LogP) is 2.66. The summed E-state index contributed by atoms with van der Waals surface area (Å²) in [5.41, 5.74) is 3.35. The van der Waals surface area contributed by atoms with Crippen molar-refractivity contribution in [1.29, 1.82) is 0 Å². The molecule has 0 aliphatic heterocycles. The molecule has 0 spiro atoms. The zero-order valence-electron chi connectivity index (χ0n) is 8.70. The first-order valence-corrected chi connectivity index (χ1v) is 5.31. The van der Waals surface area contributed by atoms with Gasteiger partial charge in [-0.25, -0.2) is 4.98 Å². The molecule has 1 aliphatic rings. The minimum atomic E-state index is 0.719. The lowest BCUT2D eigenvalue weighted by molar-refractivity contribution is 1.05. The van der Waals surface area contributed by atoms with Gasteiger partial charge in [0.15, 0.2) is 5.82 Å². The Kier molecular flexibility index (Phi) is 1.84. The van der Waals surface area contributed by atoms with Crippen LogP contribution >= 0.6 is 0 Å². The van der Waals surface area contributed by atoms with Crippen LogP contribution in [0.2, 0.25) is 0 Å². The summed E-state index contributed by atoms with van der Waals surface area (Å²) in [6.07, 6.45) is 6.40. The second-order valence-corrected chi connectivity index (χ2v) is 4.18. The van der Waals surface area contributed by atoms with E-state index in [0.717, 1.165) is 17.4 Å². The summed E-state index contributed by atoms with van der Waals surface area (Å²) in [5, 5.41) is 0. The van der Waals surface area contributed by atoms with E-state index in [1.807, 2.05) is 25.4 Å². The smallest absolute Gasteiger partial charge is 0.156 e. The topological polar surface area (TPSA) is 41.6 Å². The predicted molar refractivity (Wildman–Crippen MR) is 58.5 cm³/mol. The highest BCUT2D eigenvalue weighted by Crippen LogP contribution is 2.39. The highest BCUT2D eigenvalue weighted by Gasteiger charge is 2.25. The number of hydrogen-bond acceptors (Lipinski definition) is 2. The molecule has 0 bridgehead atoms. The van der Waals surface area contributed by atoms with Crippen LogP contribution in [0.4, 0.5) is 0 Å². The van der Waals surface area contributed by atoms with Crippen molar-refractivity contribution < 1.29 is 0 Å². The molecule has 1 aliphatic carbocycles. The number of aryl methyl sites for hydroxylation is 1. The molecule has 1 saturated carbocycles. The number of hydrogen-bond donors (Lipinski definition) is 1. The molecule has 0 aromatic carbocycles. The summed E-state index contributed by atoms with van der Waals surface area (Å²) < 4.78 is 0. The summed E-state index contributed by atoms with van der Waals surface area (Å²) >= 11 is 0. The van der Waals surface area contributed by atoms with Gasteiger partial charge in [0.1, 0.15) is 5.69 Å². The van der Waals surface area contributed by atoms with E-state index < -0.39 is 0 Å². The fourth-order valence-corrected chi connectivity index (χ4v) is 1.68. The Labute approximate surface area is 88.6 Å². The lowest BCUT2D eigenvalue weighted by atomic mass is 10.3. The number of pyridine rings is 1. The molecular weight excluding hydrogens is 186 g/mol. The lowest BCUT2D eigenvalue weighted by Crippen LogP contribution is -1.86. The number of aromatic amines is 1. The van der Waals surface area contributed by atoms with Gasteiger partial charge in [0.25, 0.3) is 0 Å². The summed E-state index contributed by atoms with van der Waals surface area (Å²) in [7, 11) is 0. The number of aromatic nitrogens is 3. The van der Waals surface area contributed by atoms with Crippen molar-refractivity contribution in [3.63, 3.8) is 0 Å². The summed E-state index contributed by atoms with van der Waals surface area (Å²) in [6.45, 7) is 2.04. The van der Waals surface area contributed by atoms with E-state index in [-0.39, 0.29) is 0 Å². The molecule has 2 aromatic rings. The van der Waals surface area contributed by atoms with Gasteiger partial charge in [0.05, 0.1) is 0 Å². The molecule has 2 heterocycles. The summed E-state index contributed by atoms with van der Waals surface area (Å²) in [6, 6.07) is 4.06. The third kappa shape index (κ3) is 1.65. The van der Waals surface area contributed by atoms with Gasteiger partial charge in [-0.05, 0) is 31.4 Å². The highest BCUT2D eigenvalue weighted by atomic mass is 14.9. The van der Waals surface area contributed by atoms with Crippen molar-refractivity contribution in [1.82, 2.24) is 15.0 Å². The minimum absolute atomic E-state index is 0.719. The molecule has 0 radical (unpaired) electrons. The Morgan fingerprint density at radius 3 is 2.73 bits per heavy atom. The molecule has 0 saturated heterocycles. The first-order chi connectivity index (χ1) is 7.33. The Balaban J connectivity index is 1.93. The van der Waals surface area contributed by atoms with Crippen LogP contribution in [0.5, 0.6) is 0 Å². The zero-order chi connectivity index (χ0) is 10.3. The van der Waals surface area contributed by atoms with Gasteiger partial charge in [-0.1, -0.05) is 6.07 Å². The van der Waals surface area contributed by atoms with Crippen LogP contribution in [0.3, 0.4) is 0 Å². The van der Waals surface area contributed by atoms with Crippen molar-refractivity contribution >= 4 is 0 Å². The maximum atomic E-state index is 4.36. The number of nitrogens with one attached hydrogen (secondary N) is 1. The molecule has 3 rings (SSSR count). The molecular formula is C12H13N3. The normalized spacial score (nSPS) is 15.5. The van der Waals surface area contributed by atoms with Gasteiger partial charge in [-0.15, -0.1) is 0 Å². The van der Waals surface area contributed by atoms with Crippen molar-refractivity contribution in [2.24, 2.45) is 0 Å². The van der Waals surface area contributed by atoms with Crippen molar-refractivity contribution in [2.75, 3.05) is 0 Å². The number of imidazole rings is 1. The molecule has 1 fully saturated rings. The molecule has 15 heavy (non-hydrogen) atoms. The first-order valence-electron chi connectivity index (χ1n) is 5.31. The average molecular weight is 199 g/mol. The van der Waals surface area contributed by atoms with Crippen molar-refractivity contribution in [3.8, 4) is 11.5 Å². The second-order valence-electron chi connectivity index (χ2n) is 4.18. The van der Waals surface area contributed by atoms with Crippen LogP contribution in [-0.4, -0.2) is 15.0 Å². The van der Waals surface area contributed by atoms with E-state index >= 15 is 0 Å². The Hall–Kier alpha value is -1.64. The van der Waals surface area contributed by atoms with Gasteiger partial charge in [-0.2, -0.15) is 0 Å². The molecule has 3 heteroatoms. The SMILES string of the molecule is Cc1ccc(-c2ncc(C3CC3)[nH]2)nc1. The van der Waals surface area contributed by atoms with E-state index in [4.69, 9.17) is 0 Å². The van der Waals surface area contributed by atoms with E-state index in [1.54, 1.807) is 0 Å². The molecule has 76 valence electrons. The Morgan fingerprint density at radius 1 is 1.20 bits per heavy atom. The lowest BCUT2D eigenvalue weighted by Gasteiger charge is -1.96. The van der Waals surface area contributed by atoms with Gasteiger partial charge < -0.3 is 4.98 Å². The average Bonchev–Trinajstić information content (AvgIpc) is 2.99. The van der Waals surface area contributed by atoms with Crippen LogP contribution in [0.15, 0.2) is 24.5 Å². The molecule has 1 N–H and O–H groups in total. The van der Waals surface area contributed by atoms with Gasteiger partial charge in [0, 0.05) is 24.0 Å². The summed E-state index contributed by atoms with van der Waals surface area (Å²) in [5.74, 6) is 1.61. The van der Waals surface area contributed by atoms with E-state index in [1.165, 1.54) is 24.1 Å². The molecule has 0 atom stereocenters. The van der Waals surface area contributed by atoms with Crippen LogP contribution < -0.4 is 0 Å². The van der Waals surface area contributed by atoms with Crippen LogP contribution in [-0.2, 0) is 0 Å². The van der Waals surface area contributed by atoms with Crippen LogP contribution in [0.1, 0.15) is 30.0 Å². The third-order valence-electron chi connectivity index (χ3n) is 2.77. The molecule has 0 amide bonds. The van der Waals surface area contributed by atoms with E-state index in [0.29, 0.717) is 0 Å². The Morgan fingerprint density at radius 2 is 2.07 bits per heavy atom. The molecule has 3 nitrogen and oxygen atoms in total.